The van der Waals surface area contributed by atoms with Gasteiger partial charge in [-0.05, 0) is 31.2 Å². The Morgan fingerprint density at radius 2 is 1.68 bits per heavy atom. The van der Waals surface area contributed by atoms with Crippen molar-refractivity contribution in [2.75, 3.05) is 7.05 Å². The molecule has 124 valence electrons. The third-order valence-corrected chi connectivity index (χ3v) is 2.72. The molecule has 1 rings (SSSR count). The molecule has 0 aliphatic carbocycles. The van der Waals surface area contributed by atoms with Crippen molar-refractivity contribution in [2.24, 2.45) is 0 Å². The Morgan fingerprint density at radius 1 is 1.23 bits per heavy atom. The first-order valence-corrected chi connectivity index (χ1v) is 6.37. The molecule has 0 saturated carbocycles. The normalized spacial score (nSPS) is 12.0. The Bertz CT molecular complexity index is 491. The fraction of sp³-hybridized carbons (Fsp3) is 0.385. The van der Waals surface area contributed by atoms with Gasteiger partial charge in [0.1, 0.15) is 0 Å². The van der Waals surface area contributed by atoms with E-state index in [1.165, 1.54) is 0 Å². The van der Waals surface area contributed by atoms with Crippen molar-refractivity contribution in [3.8, 4) is 0 Å². The molecule has 0 radical (unpaired) electrons. The maximum atomic E-state index is 10.6. The van der Waals surface area contributed by atoms with E-state index >= 15 is 0 Å². The zero-order valence-electron chi connectivity index (χ0n) is 11.5. The fourth-order valence-corrected chi connectivity index (χ4v) is 1.52. The summed E-state index contributed by atoms with van der Waals surface area (Å²) in [4.78, 5) is 19.4. The van der Waals surface area contributed by atoms with E-state index in [2.05, 4.69) is 5.32 Å². The average molecular weight is 342 g/mol. The van der Waals surface area contributed by atoms with Crippen LogP contribution in [-0.4, -0.2) is 41.4 Å². The van der Waals surface area contributed by atoms with E-state index in [9.17, 15) is 18.0 Å². The highest BCUT2D eigenvalue weighted by Crippen LogP contribution is 2.13. The molecule has 0 bridgehead atoms. The van der Waals surface area contributed by atoms with Gasteiger partial charge in [0.25, 0.3) is 0 Å². The lowest BCUT2D eigenvalue weighted by Gasteiger charge is -2.13. The largest absolute Gasteiger partial charge is 0.490 e. The fourth-order valence-electron chi connectivity index (χ4n) is 1.39. The van der Waals surface area contributed by atoms with Crippen molar-refractivity contribution in [3.63, 3.8) is 0 Å². The van der Waals surface area contributed by atoms with Crippen LogP contribution >= 0.6 is 11.6 Å². The smallest absolute Gasteiger partial charge is 0.481 e. The summed E-state index contributed by atoms with van der Waals surface area (Å²) in [6.07, 6.45) is -4.26. The second-order valence-electron chi connectivity index (χ2n) is 4.22. The molecule has 0 heterocycles. The van der Waals surface area contributed by atoms with Crippen molar-refractivity contribution in [2.45, 2.75) is 25.1 Å². The first-order valence-electron chi connectivity index (χ1n) is 6.00. The van der Waals surface area contributed by atoms with Crippen LogP contribution in [0.25, 0.3) is 0 Å². The number of benzene rings is 1. The Hall–Kier alpha value is -1.80. The predicted molar refractivity (Wildman–Crippen MR) is 73.9 cm³/mol. The van der Waals surface area contributed by atoms with Crippen molar-refractivity contribution in [1.82, 2.24) is 5.32 Å². The van der Waals surface area contributed by atoms with Gasteiger partial charge in [-0.1, -0.05) is 23.7 Å². The van der Waals surface area contributed by atoms with Gasteiger partial charge < -0.3 is 15.5 Å². The Morgan fingerprint density at radius 3 is 2.00 bits per heavy atom. The van der Waals surface area contributed by atoms with E-state index in [-0.39, 0.29) is 12.5 Å². The number of carboxylic acid groups (broad SMARTS) is 2. The number of carbonyl (C=O) groups is 2. The van der Waals surface area contributed by atoms with E-state index in [0.717, 1.165) is 5.56 Å². The molecule has 5 nitrogen and oxygen atoms in total. The van der Waals surface area contributed by atoms with Gasteiger partial charge in [-0.25, -0.2) is 4.79 Å². The van der Waals surface area contributed by atoms with Crippen LogP contribution in [0.4, 0.5) is 13.2 Å². The number of nitrogens with one attached hydrogen (secondary N) is 1. The summed E-state index contributed by atoms with van der Waals surface area (Å²) in [5, 5.41) is 19.5. The summed E-state index contributed by atoms with van der Waals surface area (Å²) >= 11 is 5.76. The van der Waals surface area contributed by atoms with Crippen LogP contribution in [0.2, 0.25) is 5.02 Å². The monoisotopic (exact) mass is 341 g/mol. The molecule has 0 aromatic heterocycles. The molecule has 1 aromatic carbocycles. The van der Waals surface area contributed by atoms with Crippen LogP contribution in [0.5, 0.6) is 0 Å². The molecular formula is C13H15ClF3NO4. The lowest BCUT2D eigenvalue weighted by molar-refractivity contribution is -0.192. The summed E-state index contributed by atoms with van der Waals surface area (Å²) in [5.41, 5.74) is 1.08. The number of aliphatic carboxylic acids is 2. The molecule has 1 aromatic rings. The number of carboxylic acids is 2. The second-order valence-corrected chi connectivity index (χ2v) is 4.65. The topological polar surface area (TPSA) is 86.6 Å². The van der Waals surface area contributed by atoms with Crippen LogP contribution < -0.4 is 5.32 Å². The molecule has 9 heteroatoms. The summed E-state index contributed by atoms with van der Waals surface area (Å²) in [7, 11) is 1.77. The quantitative estimate of drug-likeness (QED) is 0.766. The molecule has 0 amide bonds. The molecule has 3 N–H and O–H groups in total. The summed E-state index contributed by atoms with van der Waals surface area (Å²) in [6, 6.07) is 7.40. The van der Waals surface area contributed by atoms with Crippen molar-refractivity contribution in [1.29, 1.82) is 0 Å². The molecule has 0 saturated heterocycles. The van der Waals surface area contributed by atoms with E-state index in [1.807, 2.05) is 24.3 Å². The van der Waals surface area contributed by atoms with E-state index < -0.39 is 18.1 Å². The molecule has 0 aliphatic heterocycles. The van der Waals surface area contributed by atoms with Gasteiger partial charge in [0, 0.05) is 11.1 Å². The van der Waals surface area contributed by atoms with Crippen molar-refractivity contribution >= 4 is 23.5 Å². The number of rotatable bonds is 5. The molecular weight excluding hydrogens is 327 g/mol. The van der Waals surface area contributed by atoms with E-state index in [0.29, 0.717) is 11.4 Å². The zero-order chi connectivity index (χ0) is 17.3. The van der Waals surface area contributed by atoms with E-state index in [4.69, 9.17) is 26.6 Å². The molecule has 0 fully saturated rings. The highest BCUT2D eigenvalue weighted by Gasteiger charge is 2.38. The minimum atomic E-state index is -5.08. The maximum Gasteiger partial charge on any atom is 0.490 e. The molecule has 1 atom stereocenters. The molecule has 0 unspecified atom stereocenters. The Labute approximate surface area is 129 Å². The van der Waals surface area contributed by atoms with Crippen LogP contribution in [0, 0.1) is 0 Å². The molecule has 0 spiro atoms. The number of alkyl halides is 3. The summed E-state index contributed by atoms with van der Waals surface area (Å²) in [5.74, 6) is -3.55. The minimum Gasteiger partial charge on any atom is -0.481 e. The third-order valence-electron chi connectivity index (χ3n) is 2.47. The van der Waals surface area contributed by atoms with Crippen LogP contribution in [0.1, 0.15) is 12.0 Å². The highest BCUT2D eigenvalue weighted by molar-refractivity contribution is 6.30. The van der Waals surface area contributed by atoms with Gasteiger partial charge in [-0.15, -0.1) is 0 Å². The van der Waals surface area contributed by atoms with Gasteiger partial charge in [0.2, 0.25) is 0 Å². The maximum absolute atomic E-state index is 10.6. The predicted octanol–water partition coefficient (Wildman–Crippen LogP) is 2.58. The summed E-state index contributed by atoms with van der Waals surface area (Å²) < 4.78 is 31.7. The number of hydrogen-bond donors (Lipinski definition) is 3. The van der Waals surface area contributed by atoms with Gasteiger partial charge >= 0.3 is 18.1 Å². The SMILES string of the molecule is CN[C@H](CC(=O)O)Cc1ccc(Cl)cc1.O=C(O)C(F)(F)F. The third kappa shape index (κ3) is 9.19. The first-order chi connectivity index (χ1) is 10.1. The van der Waals surface area contributed by atoms with E-state index in [1.54, 1.807) is 7.05 Å². The van der Waals surface area contributed by atoms with Crippen LogP contribution in [0.3, 0.4) is 0 Å². The average Bonchev–Trinajstić information content (AvgIpc) is 2.39. The lowest BCUT2D eigenvalue weighted by atomic mass is 10.0. The minimum absolute atomic E-state index is 0.0383. The van der Waals surface area contributed by atoms with Crippen LogP contribution in [-0.2, 0) is 16.0 Å². The number of halogens is 4. The number of likely N-dealkylation sites (N-methyl/N-ethyl adjacent to an activating group) is 1. The molecule has 22 heavy (non-hydrogen) atoms. The van der Waals surface area contributed by atoms with Gasteiger partial charge in [-0.2, -0.15) is 13.2 Å². The van der Waals surface area contributed by atoms with Crippen LogP contribution in [0.15, 0.2) is 24.3 Å². The van der Waals surface area contributed by atoms with Gasteiger partial charge in [-0.3, -0.25) is 4.79 Å². The standard InChI is InChI=1S/C11H14ClNO2.C2HF3O2/c1-13-10(7-11(14)15)6-8-2-4-9(12)5-3-8;3-2(4,5)1(6)7/h2-5,10,13H,6-7H2,1H3,(H,14,15);(H,6,7)/t10-;/m0./s1. The van der Waals surface area contributed by atoms with Gasteiger partial charge in [0.15, 0.2) is 0 Å². The van der Waals surface area contributed by atoms with Gasteiger partial charge in [0.05, 0.1) is 6.42 Å². The zero-order valence-corrected chi connectivity index (χ0v) is 12.3. The lowest BCUT2D eigenvalue weighted by Crippen LogP contribution is -2.30. The summed E-state index contributed by atoms with van der Waals surface area (Å²) in [6.45, 7) is 0. The Kier molecular flexibility index (Phi) is 8.51. The molecule has 0 aliphatic rings. The first kappa shape index (κ1) is 20.2. The van der Waals surface area contributed by atoms with Crippen molar-refractivity contribution < 1.29 is 33.0 Å². The van der Waals surface area contributed by atoms with Crippen molar-refractivity contribution in [3.05, 3.63) is 34.9 Å². The number of hydrogen-bond acceptors (Lipinski definition) is 3. The Balaban J connectivity index is 0.000000534. The second kappa shape index (κ2) is 9.26. The highest BCUT2D eigenvalue weighted by atomic mass is 35.5.